The number of anilines is 1. The molecule has 1 amide bonds. The Kier molecular flexibility index (Phi) is 4.67. The maximum absolute atomic E-state index is 13.2. The third kappa shape index (κ3) is 3.37. The Morgan fingerprint density at radius 2 is 1.93 bits per heavy atom. The Bertz CT molecular complexity index is 1820. The highest BCUT2D eigenvalue weighted by molar-refractivity contribution is 5.91. The van der Waals surface area contributed by atoms with Crippen molar-refractivity contribution >= 4 is 17.4 Å². The summed E-state index contributed by atoms with van der Waals surface area (Å²) in [4.78, 5) is 28.2. The lowest BCUT2D eigenvalue weighted by Crippen LogP contribution is -2.46. The van der Waals surface area contributed by atoms with Crippen LogP contribution in [0.5, 0.6) is 5.75 Å². The molecule has 3 fully saturated rings. The maximum Gasteiger partial charge on any atom is 0.292 e. The second-order valence-electron chi connectivity index (χ2n) is 11.6. The van der Waals surface area contributed by atoms with Crippen LogP contribution < -0.4 is 10.5 Å². The Morgan fingerprint density at radius 1 is 1.07 bits per heavy atom. The first kappa shape index (κ1) is 22.9. The summed E-state index contributed by atoms with van der Waals surface area (Å²) in [5, 5.41) is 19.6. The molecule has 13 nitrogen and oxygen atoms in total. The molecule has 3 aliphatic heterocycles. The van der Waals surface area contributed by atoms with Crippen LogP contribution in [0.3, 0.4) is 0 Å². The Morgan fingerprint density at radius 3 is 2.71 bits per heavy atom. The van der Waals surface area contributed by atoms with Crippen LogP contribution in [0, 0.1) is 0 Å². The number of nitrogens with one attached hydrogen (secondary N) is 2. The number of piperidine rings is 1. The zero-order valence-corrected chi connectivity index (χ0v) is 22.1. The Hall–Kier alpha value is -4.81. The normalized spacial score (nSPS) is 22.9. The number of ether oxygens (including phenoxy) is 1. The monoisotopic (exact) mass is 549 g/mol. The summed E-state index contributed by atoms with van der Waals surface area (Å²) < 4.78 is 7.78. The number of carbonyl (C=O) groups excluding carboxylic acids is 1. The fraction of sp³-hybridized carbons (Fsp3) is 0.393. The maximum atomic E-state index is 13.2. The number of nitrogen functional groups attached to an aromatic ring is 1. The molecule has 4 N–H and O–H groups in total. The number of H-pyrrole nitrogens is 2. The number of nitrogens with zero attached hydrogens (tertiary/aromatic N) is 8. The van der Waals surface area contributed by atoms with Gasteiger partial charge >= 0.3 is 0 Å². The van der Waals surface area contributed by atoms with Gasteiger partial charge in [0.25, 0.3) is 5.91 Å². The van der Waals surface area contributed by atoms with Crippen LogP contribution in [0.25, 0.3) is 28.2 Å². The minimum Gasteiger partial charge on any atom is -0.486 e. The smallest absolute Gasteiger partial charge is 0.292 e. The highest BCUT2D eigenvalue weighted by atomic mass is 16.5. The number of fused-ring (bicyclic) bond motifs is 6. The molecule has 13 heteroatoms. The molecule has 0 aromatic carbocycles. The fourth-order valence-electron chi connectivity index (χ4n) is 7.19. The van der Waals surface area contributed by atoms with Gasteiger partial charge in [-0.1, -0.05) is 0 Å². The fourth-order valence-corrected chi connectivity index (χ4v) is 7.19. The van der Waals surface area contributed by atoms with E-state index in [4.69, 9.17) is 20.4 Å². The summed E-state index contributed by atoms with van der Waals surface area (Å²) in [6, 6.07) is 2.27. The van der Waals surface area contributed by atoms with Crippen molar-refractivity contribution in [3.63, 3.8) is 0 Å². The Balaban J connectivity index is 1.11. The van der Waals surface area contributed by atoms with E-state index in [1.807, 2.05) is 23.4 Å². The molecule has 5 aromatic heterocycles. The van der Waals surface area contributed by atoms with E-state index in [2.05, 4.69) is 30.5 Å². The highest BCUT2D eigenvalue weighted by Gasteiger charge is 2.46. The molecular formula is C28H27N11O2. The van der Waals surface area contributed by atoms with Crippen LogP contribution in [-0.2, 0) is 6.61 Å². The van der Waals surface area contributed by atoms with E-state index in [9.17, 15) is 4.79 Å². The second-order valence-corrected chi connectivity index (χ2v) is 11.6. The summed E-state index contributed by atoms with van der Waals surface area (Å²) in [6.45, 7) is 0.443. The number of hydrogen-bond acceptors (Lipinski definition) is 9. The molecule has 206 valence electrons. The summed E-state index contributed by atoms with van der Waals surface area (Å²) in [7, 11) is 0. The minimum atomic E-state index is -0.0683. The van der Waals surface area contributed by atoms with Gasteiger partial charge in [0.1, 0.15) is 30.2 Å². The van der Waals surface area contributed by atoms with Crippen molar-refractivity contribution < 1.29 is 9.53 Å². The van der Waals surface area contributed by atoms with Crippen LogP contribution >= 0.6 is 0 Å². The molecule has 2 bridgehead atoms. The molecule has 1 aliphatic carbocycles. The van der Waals surface area contributed by atoms with E-state index in [1.54, 1.807) is 10.7 Å². The zero-order chi connectivity index (χ0) is 27.2. The van der Waals surface area contributed by atoms with Gasteiger partial charge in [-0.05, 0) is 50.5 Å². The molecule has 41 heavy (non-hydrogen) atoms. The lowest BCUT2D eigenvalue weighted by Gasteiger charge is -2.39. The first-order valence-electron chi connectivity index (χ1n) is 14.2. The predicted molar refractivity (Wildman–Crippen MR) is 146 cm³/mol. The number of nitrogens with two attached hydrogens (primary N) is 1. The Labute approximate surface area is 233 Å². The van der Waals surface area contributed by atoms with E-state index in [1.165, 1.54) is 6.33 Å². The van der Waals surface area contributed by atoms with E-state index >= 15 is 0 Å². The number of aromatic amines is 2. The number of carbonyl (C=O) groups is 1. The number of rotatable bonds is 4. The van der Waals surface area contributed by atoms with Crippen molar-refractivity contribution in [3.05, 3.63) is 53.6 Å². The first-order chi connectivity index (χ1) is 20.1. The largest absolute Gasteiger partial charge is 0.486 e. The van der Waals surface area contributed by atoms with Crippen LogP contribution in [0.2, 0.25) is 0 Å². The number of aromatic nitrogens is 9. The van der Waals surface area contributed by atoms with E-state index in [0.717, 1.165) is 77.9 Å². The van der Waals surface area contributed by atoms with Gasteiger partial charge in [-0.2, -0.15) is 14.7 Å². The van der Waals surface area contributed by atoms with Crippen molar-refractivity contribution in [2.75, 3.05) is 5.73 Å². The quantitative estimate of drug-likeness (QED) is 0.305. The standard InChI is InChI=1S/C28H27N11O2/c29-25-21(13-1-2-13)22(14-5-17-3-4-18(6-14)38(17)28(40)26-31-12-33-37-26)35-27-19(10-34-39(25)27)15-7-20-24(30-8-15)23-16(11-41-20)9-32-36-23/h7-10,12-14,17-18H,1-6,11,29H2,(H,32,36)(H,31,33,37)/t14-,17-,18+. The van der Waals surface area contributed by atoms with Gasteiger partial charge in [0.15, 0.2) is 5.65 Å². The zero-order valence-electron chi connectivity index (χ0n) is 22.1. The molecule has 0 unspecified atom stereocenters. The van der Waals surface area contributed by atoms with Gasteiger partial charge in [0.05, 0.1) is 23.8 Å². The van der Waals surface area contributed by atoms with Crippen LogP contribution in [-0.4, -0.2) is 67.9 Å². The molecule has 5 aromatic rings. The summed E-state index contributed by atoms with van der Waals surface area (Å²) in [6.07, 6.45) is 12.7. The molecule has 0 radical (unpaired) electrons. The molecular weight excluding hydrogens is 522 g/mol. The number of amides is 1. The van der Waals surface area contributed by atoms with Gasteiger partial charge in [-0.25, -0.2) is 4.98 Å². The third-order valence-corrected chi connectivity index (χ3v) is 9.21. The molecule has 9 rings (SSSR count). The summed E-state index contributed by atoms with van der Waals surface area (Å²) in [5.74, 6) is 2.21. The van der Waals surface area contributed by atoms with Gasteiger partial charge in [0.2, 0.25) is 5.82 Å². The molecule has 1 saturated carbocycles. The summed E-state index contributed by atoms with van der Waals surface area (Å²) >= 11 is 0. The average Bonchev–Trinajstić information content (AvgIpc) is 3.36. The molecule has 2 saturated heterocycles. The van der Waals surface area contributed by atoms with Crippen LogP contribution in [0.4, 0.5) is 5.82 Å². The lowest BCUT2D eigenvalue weighted by atomic mass is 9.85. The van der Waals surface area contributed by atoms with Gasteiger partial charge in [0, 0.05) is 46.5 Å². The van der Waals surface area contributed by atoms with Gasteiger partial charge in [-0.3, -0.25) is 14.9 Å². The van der Waals surface area contributed by atoms with Crippen molar-refractivity contribution in [2.24, 2.45) is 0 Å². The van der Waals surface area contributed by atoms with Crippen LogP contribution in [0.15, 0.2) is 31.0 Å². The average molecular weight is 550 g/mol. The number of hydrogen-bond donors (Lipinski definition) is 3. The van der Waals surface area contributed by atoms with Crippen molar-refractivity contribution in [2.45, 2.75) is 69.1 Å². The predicted octanol–water partition coefficient (Wildman–Crippen LogP) is 3.20. The summed E-state index contributed by atoms with van der Waals surface area (Å²) in [5.41, 5.74) is 14.1. The first-order valence-corrected chi connectivity index (χ1v) is 14.2. The number of pyridine rings is 1. The van der Waals surface area contributed by atoms with E-state index in [-0.39, 0.29) is 23.9 Å². The SMILES string of the molecule is Nc1c(C2CC2)c([C@@H]2C[C@H]3CC[C@@H](C2)N3C(=O)c2nnc[nH]2)nc2c(-c3cnc4c(c3)OCc3cn[nH]c3-4)cnn12. The topological polar surface area (TPSA) is 169 Å². The molecule has 4 aliphatic rings. The van der Waals surface area contributed by atoms with Crippen molar-refractivity contribution in [1.82, 2.24) is 49.9 Å². The van der Waals surface area contributed by atoms with Crippen molar-refractivity contribution in [3.8, 4) is 28.3 Å². The third-order valence-electron chi connectivity index (χ3n) is 9.21. The molecule has 0 spiro atoms. The molecule has 8 heterocycles. The molecule has 3 atom stereocenters. The van der Waals surface area contributed by atoms with E-state index in [0.29, 0.717) is 35.6 Å². The lowest BCUT2D eigenvalue weighted by molar-refractivity contribution is 0.0557. The van der Waals surface area contributed by atoms with Crippen molar-refractivity contribution in [1.29, 1.82) is 0 Å². The van der Waals surface area contributed by atoms with Gasteiger partial charge < -0.3 is 20.4 Å². The van der Waals surface area contributed by atoms with Crippen LogP contribution in [0.1, 0.15) is 77.8 Å². The van der Waals surface area contributed by atoms with E-state index < -0.39 is 0 Å². The van der Waals surface area contributed by atoms with Gasteiger partial charge in [-0.15, -0.1) is 10.2 Å². The second kappa shape index (κ2) is 8.35. The highest BCUT2D eigenvalue weighted by Crippen LogP contribution is 2.50. The minimum absolute atomic E-state index is 0.0683.